The van der Waals surface area contributed by atoms with E-state index < -0.39 is 18.3 Å². The Morgan fingerprint density at radius 2 is 1.92 bits per heavy atom. The number of nitrogens with one attached hydrogen (secondary N) is 1. The molecule has 0 aliphatic carbocycles. The molecule has 2 aromatic rings. The summed E-state index contributed by atoms with van der Waals surface area (Å²) in [6.45, 7) is 2.23. The average molecular weight is 344 g/mol. The van der Waals surface area contributed by atoms with Gasteiger partial charge in [0.1, 0.15) is 12.7 Å². The van der Waals surface area contributed by atoms with Crippen molar-refractivity contribution in [2.45, 2.75) is 32.2 Å². The van der Waals surface area contributed by atoms with E-state index in [-0.39, 0.29) is 19.6 Å². The van der Waals surface area contributed by atoms with Crippen LogP contribution < -0.4 is 11.1 Å². The Hall–Kier alpha value is -2.57. The van der Waals surface area contributed by atoms with Crippen molar-refractivity contribution in [3.8, 4) is 0 Å². The normalized spacial score (nSPS) is 13.1. The van der Waals surface area contributed by atoms with Crippen LogP contribution in [0.5, 0.6) is 0 Å². The summed E-state index contributed by atoms with van der Waals surface area (Å²) in [6.07, 6.45) is -2.46. The lowest BCUT2D eigenvalue weighted by molar-refractivity contribution is 0.0136. The molecule has 0 heterocycles. The molecule has 25 heavy (non-hydrogen) atoms. The number of carbonyl (C=O) groups is 1. The van der Waals surface area contributed by atoms with Crippen LogP contribution in [0.3, 0.4) is 0 Å². The third-order valence-electron chi connectivity index (χ3n) is 3.75. The maximum absolute atomic E-state index is 11.6. The van der Waals surface area contributed by atoms with Gasteiger partial charge in [-0.2, -0.15) is 0 Å². The number of carbonyl (C=O) groups excluding carboxylic acids is 1. The quantitative estimate of drug-likeness (QED) is 0.577. The zero-order valence-corrected chi connectivity index (χ0v) is 14.2. The fourth-order valence-corrected chi connectivity index (χ4v) is 2.49. The summed E-state index contributed by atoms with van der Waals surface area (Å²) in [5.41, 5.74) is 8.64. The second-order valence-corrected chi connectivity index (χ2v) is 5.97. The van der Waals surface area contributed by atoms with Crippen LogP contribution in [-0.2, 0) is 11.3 Å². The molecular weight excluding hydrogens is 320 g/mol. The van der Waals surface area contributed by atoms with Crippen LogP contribution in [-0.4, -0.2) is 29.0 Å². The standard InChI is InChI=1S/C19H24N2O4/c1-13-9-15(11-16(20)10-13)18(23)17(22)7-8-21-19(24)25-12-14-5-3-2-4-6-14/h2-6,9-11,17-18,22-23H,7-8,12,20H2,1H3,(H,21,24). The summed E-state index contributed by atoms with van der Waals surface area (Å²) in [4.78, 5) is 11.6. The van der Waals surface area contributed by atoms with E-state index in [1.165, 1.54) is 0 Å². The summed E-state index contributed by atoms with van der Waals surface area (Å²) in [5.74, 6) is 0. The van der Waals surface area contributed by atoms with E-state index in [1.54, 1.807) is 18.2 Å². The van der Waals surface area contributed by atoms with E-state index in [4.69, 9.17) is 10.5 Å². The minimum atomic E-state index is -1.07. The molecule has 0 aromatic heterocycles. The minimum Gasteiger partial charge on any atom is -0.445 e. The molecule has 0 saturated carbocycles. The van der Waals surface area contributed by atoms with Crippen molar-refractivity contribution >= 4 is 11.8 Å². The van der Waals surface area contributed by atoms with E-state index in [1.807, 2.05) is 37.3 Å². The summed E-state index contributed by atoms with van der Waals surface area (Å²) in [7, 11) is 0. The molecule has 5 N–H and O–H groups in total. The lowest BCUT2D eigenvalue weighted by atomic mass is 10.00. The van der Waals surface area contributed by atoms with E-state index >= 15 is 0 Å². The Morgan fingerprint density at radius 3 is 2.60 bits per heavy atom. The second-order valence-electron chi connectivity index (χ2n) is 5.97. The second kappa shape index (κ2) is 9.05. The van der Waals surface area contributed by atoms with E-state index in [9.17, 15) is 15.0 Å². The number of benzene rings is 2. The predicted octanol–water partition coefficient (Wildman–Crippen LogP) is 2.29. The lowest BCUT2D eigenvalue weighted by Gasteiger charge is -2.19. The highest BCUT2D eigenvalue weighted by molar-refractivity contribution is 5.67. The topological polar surface area (TPSA) is 105 Å². The highest BCUT2D eigenvalue weighted by Gasteiger charge is 2.19. The van der Waals surface area contributed by atoms with Crippen molar-refractivity contribution in [3.63, 3.8) is 0 Å². The van der Waals surface area contributed by atoms with E-state index in [0.717, 1.165) is 11.1 Å². The van der Waals surface area contributed by atoms with Gasteiger partial charge in [-0.05, 0) is 42.2 Å². The Bertz CT molecular complexity index is 671. The van der Waals surface area contributed by atoms with Gasteiger partial charge in [0.05, 0.1) is 6.10 Å². The molecule has 0 aliphatic heterocycles. The Balaban J connectivity index is 1.73. The minimum absolute atomic E-state index is 0.181. The highest BCUT2D eigenvalue weighted by Crippen LogP contribution is 2.22. The number of hydrogen-bond acceptors (Lipinski definition) is 5. The van der Waals surface area contributed by atoms with Gasteiger partial charge in [0.25, 0.3) is 0 Å². The molecule has 0 fully saturated rings. The number of aryl methyl sites for hydroxylation is 1. The number of ether oxygens (including phenoxy) is 1. The number of hydrogen-bond donors (Lipinski definition) is 4. The van der Waals surface area contributed by atoms with Crippen molar-refractivity contribution in [1.29, 1.82) is 0 Å². The number of rotatable bonds is 7. The van der Waals surface area contributed by atoms with Crippen LogP contribution in [0.15, 0.2) is 48.5 Å². The van der Waals surface area contributed by atoms with Crippen LogP contribution in [0.25, 0.3) is 0 Å². The predicted molar refractivity (Wildman–Crippen MR) is 95.8 cm³/mol. The number of aliphatic hydroxyl groups excluding tert-OH is 2. The molecule has 134 valence electrons. The van der Waals surface area contributed by atoms with Gasteiger partial charge in [0, 0.05) is 12.2 Å². The number of nitrogen functional groups attached to an aromatic ring is 1. The number of amides is 1. The van der Waals surface area contributed by atoms with Gasteiger partial charge in [-0.1, -0.05) is 36.4 Å². The molecule has 0 aliphatic rings. The molecule has 0 spiro atoms. The molecule has 0 saturated heterocycles. The molecule has 2 atom stereocenters. The Morgan fingerprint density at radius 1 is 1.20 bits per heavy atom. The SMILES string of the molecule is Cc1cc(N)cc(C(O)C(O)CCNC(=O)OCc2ccccc2)c1. The molecule has 6 heteroatoms. The fraction of sp³-hybridized carbons (Fsp3) is 0.316. The first-order valence-electron chi connectivity index (χ1n) is 8.13. The molecule has 6 nitrogen and oxygen atoms in total. The Labute approximate surface area is 147 Å². The molecule has 2 unspecified atom stereocenters. The first-order chi connectivity index (χ1) is 12.0. The molecule has 2 aromatic carbocycles. The van der Waals surface area contributed by atoms with Gasteiger partial charge in [-0.15, -0.1) is 0 Å². The van der Waals surface area contributed by atoms with Gasteiger partial charge in [0.15, 0.2) is 0 Å². The molecule has 2 rings (SSSR count). The third kappa shape index (κ3) is 6.10. The van der Waals surface area contributed by atoms with Crippen LogP contribution in [0.2, 0.25) is 0 Å². The monoisotopic (exact) mass is 344 g/mol. The highest BCUT2D eigenvalue weighted by atomic mass is 16.5. The maximum atomic E-state index is 11.6. The molecule has 0 bridgehead atoms. The maximum Gasteiger partial charge on any atom is 0.407 e. The van der Waals surface area contributed by atoms with Crippen LogP contribution in [0.4, 0.5) is 10.5 Å². The van der Waals surface area contributed by atoms with E-state index in [0.29, 0.717) is 11.3 Å². The van der Waals surface area contributed by atoms with Gasteiger partial charge >= 0.3 is 6.09 Å². The van der Waals surface area contributed by atoms with E-state index in [2.05, 4.69) is 5.32 Å². The molecule has 1 amide bonds. The summed E-state index contributed by atoms with van der Waals surface area (Å²) in [5, 5.41) is 22.9. The van der Waals surface area contributed by atoms with Gasteiger partial charge in [0.2, 0.25) is 0 Å². The van der Waals surface area contributed by atoms with Crippen LogP contribution in [0, 0.1) is 6.92 Å². The average Bonchev–Trinajstić information content (AvgIpc) is 2.59. The van der Waals surface area contributed by atoms with Gasteiger partial charge < -0.3 is 26.0 Å². The zero-order valence-electron chi connectivity index (χ0n) is 14.2. The summed E-state index contributed by atoms with van der Waals surface area (Å²) in [6, 6.07) is 14.5. The first-order valence-corrected chi connectivity index (χ1v) is 8.13. The molecule has 0 radical (unpaired) electrons. The van der Waals surface area contributed by atoms with Crippen LogP contribution >= 0.6 is 0 Å². The van der Waals surface area contributed by atoms with Crippen molar-refractivity contribution in [1.82, 2.24) is 5.32 Å². The smallest absolute Gasteiger partial charge is 0.407 e. The first kappa shape index (κ1) is 18.8. The summed E-state index contributed by atoms with van der Waals surface area (Å²) >= 11 is 0. The number of aliphatic hydroxyl groups is 2. The van der Waals surface area contributed by atoms with Crippen LogP contribution in [0.1, 0.15) is 29.2 Å². The Kier molecular flexibility index (Phi) is 6.80. The lowest BCUT2D eigenvalue weighted by Crippen LogP contribution is -2.29. The third-order valence-corrected chi connectivity index (χ3v) is 3.75. The number of anilines is 1. The van der Waals surface area contributed by atoms with Gasteiger partial charge in [-0.25, -0.2) is 4.79 Å². The molecular formula is C19H24N2O4. The van der Waals surface area contributed by atoms with Crippen molar-refractivity contribution in [2.75, 3.05) is 12.3 Å². The van der Waals surface area contributed by atoms with Crippen molar-refractivity contribution < 1.29 is 19.7 Å². The largest absolute Gasteiger partial charge is 0.445 e. The summed E-state index contributed by atoms with van der Waals surface area (Å²) < 4.78 is 5.08. The number of alkyl carbamates (subject to hydrolysis) is 1. The van der Waals surface area contributed by atoms with Gasteiger partial charge in [-0.3, -0.25) is 0 Å². The zero-order chi connectivity index (χ0) is 18.2. The number of nitrogens with two attached hydrogens (primary N) is 1. The van der Waals surface area contributed by atoms with Crippen molar-refractivity contribution in [2.24, 2.45) is 0 Å². The fourth-order valence-electron chi connectivity index (χ4n) is 2.49. The van der Waals surface area contributed by atoms with Crippen molar-refractivity contribution in [3.05, 3.63) is 65.2 Å².